The summed E-state index contributed by atoms with van der Waals surface area (Å²) in [4.78, 5) is 23.0. The molecule has 2 heterocycles. The van der Waals surface area contributed by atoms with E-state index in [0.29, 0.717) is 23.6 Å². The number of aromatic nitrogens is 2. The number of carbonyl (C=O) groups is 1. The molecule has 2 aromatic rings. The van der Waals surface area contributed by atoms with Crippen LogP contribution in [0.15, 0.2) is 36.4 Å². The first-order valence-corrected chi connectivity index (χ1v) is 13.2. The minimum absolute atomic E-state index is 0.0388. The smallest absolute Gasteiger partial charge is 0.272 e. The van der Waals surface area contributed by atoms with E-state index in [-0.39, 0.29) is 5.91 Å². The zero-order chi connectivity index (χ0) is 25.5. The molecule has 0 aromatic carbocycles. The molecule has 3 rings (SSSR count). The number of carbonyl (C=O) groups excluding carboxylic acids is 1. The molecule has 0 spiro atoms. The highest BCUT2D eigenvalue weighted by Crippen LogP contribution is 2.24. The van der Waals surface area contributed by atoms with Crippen LogP contribution in [-0.4, -0.2) is 40.0 Å². The number of pyridine rings is 2. The Kier molecular flexibility index (Phi) is 14.1. The molecular weight excluding hydrogens is 422 g/mol. The first kappa shape index (κ1) is 29.6. The molecular formula is C29H47N3O2. The van der Waals surface area contributed by atoms with Crippen molar-refractivity contribution < 1.29 is 9.53 Å². The van der Waals surface area contributed by atoms with Gasteiger partial charge in [-0.3, -0.25) is 4.79 Å². The highest BCUT2D eigenvalue weighted by Gasteiger charge is 2.17. The predicted molar refractivity (Wildman–Crippen MR) is 143 cm³/mol. The second-order valence-electron chi connectivity index (χ2n) is 9.07. The molecule has 190 valence electrons. The summed E-state index contributed by atoms with van der Waals surface area (Å²) in [7, 11) is 0. The highest BCUT2D eigenvalue weighted by molar-refractivity contribution is 5.92. The molecule has 1 amide bonds. The van der Waals surface area contributed by atoms with Crippen molar-refractivity contribution in [2.75, 3.05) is 13.1 Å². The Morgan fingerprint density at radius 2 is 1.50 bits per heavy atom. The SMILES string of the molecule is CC.CC(C)c1cccc(OC2CCCC2)n1.CCCN(CC)C(=O)c1cccc(C(C)C)n1. The van der Waals surface area contributed by atoms with Crippen molar-refractivity contribution in [1.82, 2.24) is 14.9 Å². The summed E-state index contributed by atoms with van der Waals surface area (Å²) < 4.78 is 5.86. The predicted octanol–water partition coefficient (Wildman–Crippen LogP) is 7.63. The molecule has 2 aromatic heterocycles. The Labute approximate surface area is 208 Å². The van der Waals surface area contributed by atoms with Gasteiger partial charge in [0.2, 0.25) is 5.88 Å². The van der Waals surface area contributed by atoms with Gasteiger partial charge in [-0.2, -0.15) is 0 Å². The van der Waals surface area contributed by atoms with Crippen molar-refractivity contribution in [3.63, 3.8) is 0 Å². The van der Waals surface area contributed by atoms with Gasteiger partial charge >= 0.3 is 0 Å². The molecule has 1 aliphatic rings. The topological polar surface area (TPSA) is 55.3 Å². The average molecular weight is 470 g/mol. The number of amides is 1. The van der Waals surface area contributed by atoms with E-state index in [1.54, 1.807) is 6.07 Å². The standard InChI is InChI=1S/C14H22N2O.C13H19NO.C2H6/c1-5-10-16(6-2)14(17)13-9-7-8-12(15-13)11(3)4;1-10(2)12-8-5-9-13(14-12)15-11-6-3-4-7-11;1-2/h7-9,11H,5-6,10H2,1-4H3;5,8-11H,3-4,6-7H2,1-2H3;1-2H3. The second kappa shape index (κ2) is 16.2. The van der Waals surface area contributed by atoms with Crippen LogP contribution in [0.5, 0.6) is 5.88 Å². The van der Waals surface area contributed by atoms with Crippen LogP contribution in [0.3, 0.4) is 0 Å². The minimum Gasteiger partial charge on any atom is -0.474 e. The molecule has 5 nitrogen and oxygen atoms in total. The van der Waals surface area contributed by atoms with Crippen molar-refractivity contribution in [2.24, 2.45) is 0 Å². The number of ether oxygens (including phenoxy) is 1. The number of nitrogens with zero attached hydrogens (tertiary/aromatic N) is 3. The number of rotatable bonds is 8. The summed E-state index contributed by atoms with van der Waals surface area (Å²) in [6.07, 6.45) is 6.35. The van der Waals surface area contributed by atoms with Gasteiger partial charge in [0.25, 0.3) is 5.91 Å². The van der Waals surface area contributed by atoms with E-state index in [4.69, 9.17) is 4.74 Å². The largest absolute Gasteiger partial charge is 0.474 e. The van der Waals surface area contributed by atoms with Gasteiger partial charge in [-0.25, -0.2) is 9.97 Å². The maximum Gasteiger partial charge on any atom is 0.272 e. The zero-order valence-corrected chi connectivity index (χ0v) is 22.8. The molecule has 0 N–H and O–H groups in total. The van der Waals surface area contributed by atoms with Gasteiger partial charge in [0.1, 0.15) is 11.8 Å². The van der Waals surface area contributed by atoms with Crippen LogP contribution < -0.4 is 4.74 Å². The zero-order valence-electron chi connectivity index (χ0n) is 22.8. The third kappa shape index (κ3) is 9.82. The molecule has 0 atom stereocenters. The van der Waals surface area contributed by atoms with Crippen LogP contribution in [0.25, 0.3) is 0 Å². The van der Waals surface area contributed by atoms with E-state index in [2.05, 4.69) is 50.7 Å². The molecule has 5 heteroatoms. The van der Waals surface area contributed by atoms with Gasteiger partial charge in [-0.1, -0.05) is 60.6 Å². The lowest BCUT2D eigenvalue weighted by Crippen LogP contribution is -2.32. The van der Waals surface area contributed by atoms with E-state index < -0.39 is 0 Å². The first-order valence-electron chi connectivity index (χ1n) is 13.2. The van der Waals surface area contributed by atoms with Gasteiger partial charge in [0.05, 0.1) is 0 Å². The van der Waals surface area contributed by atoms with E-state index >= 15 is 0 Å². The maximum atomic E-state index is 12.2. The van der Waals surface area contributed by atoms with Crippen molar-refractivity contribution in [2.45, 2.75) is 105 Å². The van der Waals surface area contributed by atoms with Crippen LogP contribution in [0.1, 0.15) is 121 Å². The Morgan fingerprint density at radius 1 is 0.941 bits per heavy atom. The van der Waals surface area contributed by atoms with Gasteiger partial charge in [-0.05, 0) is 69.1 Å². The quantitative estimate of drug-likeness (QED) is 0.399. The lowest BCUT2D eigenvalue weighted by molar-refractivity contribution is 0.0758. The lowest BCUT2D eigenvalue weighted by Gasteiger charge is -2.20. The van der Waals surface area contributed by atoms with Crippen molar-refractivity contribution in [1.29, 1.82) is 0 Å². The summed E-state index contributed by atoms with van der Waals surface area (Å²) in [5, 5.41) is 0. The molecule has 0 unspecified atom stereocenters. The molecule has 1 fully saturated rings. The number of hydrogen-bond acceptors (Lipinski definition) is 4. The van der Waals surface area contributed by atoms with Crippen LogP contribution in [0, 0.1) is 0 Å². The third-order valence-corrected chi connectivity index (χ3v) is 5.67. The van der Waals surface area contributed by atoms with E-state index in [1.165, 1.54) is 25.7 Å². The van der Waals surface area contributed by atoms with E-state index in [9.17, 15) is 4.79 Å². The van der Waals surface area contributed by atoms with E-state index in [1.807, 2.05) is 49.9 Å². The summed E-state index contributed by atoms with van der Waals surface area (Å²) in [6.45, 7) is 18.1. The van der Waals surface area contributed by atoms with Crippen LogP contribution >= 0.6 is 0 Å². The summed E-state index contributed by atoms with van der Waals surface area (Å²) in [5.41, 5.74) is 2.65. The maximum absolute atomic E-state index is 12.2. The lowest BCUT2D eigenvalue weighted by atomic mass is 10.1. The highest BCUT2D eigenvalue weighted by atomic mass is 16.5. The Balaban J connectivity index is 0.000000318. The molecule has 0 bridgehead atoms. The van der Waals surface area contributed by atoms with Crippen LogP contribution in [0.2, 0.25) is 0 Å². The summed E-state index contributed by atoms with van der Waals surface area (Å²) in [6, 6.07) is 11.7. The van der Waals surface area contributed by atoms with Crippen molar-refractivity contribution in [3.8, 4) is 5.88 Å². The van der Waals surface area contributed by atoms with Crippen molar-refractivity contribution >= 4 is 5.91 Å². The molecule has 0 saturated heterocycles. The second-order valence-corrected chi connectivity index (χ2v) is 9.07. The van der Waals surface area contributed by atoms with Crippen LogP contribution in [0.4, 0.5) is 0 Å². The van der Waals surface area contributed by atoms with E-state index in [0.717, 1.165) is 36.8 Å². The number of hydrogen-bond donors (Lipinski definition) is 0. The first-order chi connectivity index (χ1) is 16.3. The molecule has 0 radical (unpaired) electrons. The van der Waals surface area contributed by atoms with Gasteiger partial charge in [-0.15, -0.1) is 0 Å². The fourth-order valence-electron chi connectivity index (χ4n) is 3.72. The molecule has 0 aliphatic heterocycles. The van der Waals surface area contributed by atoms with Gasteiger partial charge < -0.3 is 9.64 Å². The Hall–Kier alpha value is -2.43. The fraction of sp³-hybridized carbons (Fsp3) is 0.621. The molecule has 34 heavy (non-hydrogen) atoms. The Bertz CT molecular complexity index is 830. The van der Waals surface area contributed by atoms with Crippen LogP contribution in [-0.2, 0) is 0 Å². The molecule has 1 aliphatic carbocycles. The summed E-state index contributed by atoms with van der Waals surface area (Å²) >= 11 is 0. The summed E-state index contributed by atoms with van der Waals surface area (Å²) in [5.74, 6) is 1.66. The Morgan fingerprint density at radius 3 is 2.03 bits per heavy atom. The minimum atomic E-state index is 0.0388. The third-order valence-electron chi connectivity index (χ3n) is 5.67. The van der Waals surface area contributed by atoms with Gasteiger partial charge in [0.15, 0.2) is 0 Å². The van der Waals surface area contributed by atoms with Gasteiger partial charge in [0, 0.05) is 30.5 Å². The van der Waals surface area contributed by atoms with Crippen molar-refractivity contribution in [3.05, 3.63) is 53.5 Å². The molecule has 1 saturated carbocycles. The normalized spacial score (nSPS) is 13.1. The average Bonchev–Trinajstić information content (AvgIpc) is 3.37. The fourth-order valence-corrected chi connectivity index (χ4v) is 3.72. The monoisotopic (exact) mass is 469 g/mol.